The molecule has 0 heterocycles. The molecule has 104 valence electrons. The molecule has 2 aromatic rings. The number of amides is 1. The monoisotopic (exact) mass is 329 g/mol. The summed E-state index contributed by atoms with van der Waals surface area (Å²) in [5.74, 6) is -0.317. The Morgan fingerprint density at radius 2 is 1.70 bits per heavy atom. The maximum atomic E-state index is 11.9. The van der Waals surface area contributed by atoms with Crippen molar-refractivity contribution in [2.45, 2.75) is 4.90 Å². The van der Waals surface area contributed by atoms with Crippen molar-refractivity contribution in [3.05, 3.63) is 59.1 Å². The fourth-order valence-electron chi connectivity index (χ4n) is 1.57. The van der Waals surface area contributed by atoms with Gasteiger partial charge in [0, 0.05) is 21.9 Å². The molecule has 0 atom stereocenters. The van der Waals surface area contributed by atoms with Gasteiger partial charge in [0.25, 0.3) is 15.0 Å². The lowest BCUT2D eigenvalue weighted by molar-refractivity contribution is 0.102. The minimum Gasteiger partial charge on any atom is -0.322 e. The molecule has 1 amide bonds. The first kappa shape index (κ1) is 14.8. The summed E-state index contributed by atoms with van der Waals surface area (Å²) in [5.41, 5.74) is 0.866. The van der Waals surface area contributed by atoms with Crippen LogP contribution in [0.25, 0.3) is 0 Å². The molecular formula is C13H9Cl2NO3S. The number of nitrogens with one attached hydrogen (secondary N) is 1. The van der Waals surface area contributed by atoms with Crippen LogP contribution in [-0.4, -0.2) is 14.3 Å². The van der Waals surface area contributed by atoms with Crippen LogP contribution in [0.4, 0.5) is 5.69 Å². The average molecular weight is 330 g/mol. The summed E-state index contributed by atoms with van der Waals surface area (Å²) in [4.78, 5) is 11.7. The zero-order chi connectivity index (χ0) is 14.8. The second-order valence-corrected chi connectivity index (χ2v) is 6.84. The number of carbonyl (C=O) groups is 1. The molecule has 0 bridgehead atoms. The summed E-state index contributed by atoms with van der Waals surface area (Å²) in [7, 11) is 1.31. The Labute approximate surface area is 125 Å². The third kappa shape index (κ3) is 3.50. The predicted molar refractivity (Wildman–Crippen MR) is 78.9 cm³/mol. The van der Waals surface area contributed by atoms with Gasteiger partial charge in [0.1, 0.15) is 4.90 Å². The highest BCUT2D eigenvalue weighted by Gasteiger charge is 2.15. The second kappa shape index (κ2) is 5.83. The smallest absolute Gasteiger partial charge is 0.262 e. The fraction of sp³-hybridized carbons (Fsp3) is 0. The van der Waals surface area contributed by atoms with E-state index in [-0.39, 0.29) is 15.8 Å². The number of rotatable bonds is 3. The summed E-state index contributed by atoms with van der Waals surface area (Å²) in [6.07, 6.45) is 0. The van der Waals surface area contributed by atoms with Crippen LogP contribution in [0.1, 0.15) is 10.4 Å². The molecule has 20 heavy (non-hydrogen) atoms. The van der Waals surface area contributed by atoms with E-state index in [9.17, 15) is 13.2 Å². The summed E-state index contributed by atoms with van der Waals surface area (Å²) in [6, 6.07) is 12.6. The van der Waals surface area contributed by atoms with Gasteiger partial charge in [-0.3, -0.25) is 4.79 Å². The molecular weight excluding hydrogens is 321 g/mol. The second-order valence-electron chi connectivity index (χ2n) is 3.90. The van der Waals surface area contributed by atoms with Gasteiger partial charge in [0.2, 0.25) is 0 Å². The lowest BCUT2D eigenvalue weighted by Crippen LogP contribution is -2.11. The molecule has 0 radical (unpaired) electrons. The number of carbonyl (C=O) groups excluding carboxylic acids is 1. The SMILES string of the molecule is O=C(Nc1ccc(S(=O)(=O)Cl)c(Cl)c1)c1ccccc1. The van der Waals surface area contributed by atoms with E-state index in [2.05, 4.69) is 5.32 Å². The van der Waals surface area contributed by atoms with Crippen LogP contribution in [0, 0.1) is 0 Å². The predicted octanol–water partition coefficient (Wildman–Crippen LogP) is 3.52. The van der Waals surface area contributed by atoms with E-state index in [0.29, 0.717) is 11.3 Å². The standard InChI is InChI=1S/C13H9Cl2NO3S/c14-11-8-10(6-7-12(11)20(15,18)19)16-13(17)9-4-2-1-3-5-9/h1-8H,(H,16,17). The summed E-state index contributed by atoms with van der Waals surface area (Å²) < 4.78 is 22.4. The van der Waals surface area contributed by atoms with Gasteiger partial charge in [0.15, 0.2) is 0 Å². The van der Waals surface area contributed by atoms with E-state index in [1.54, 1.807) is 30.3 Å². The number of anilines is 1. The minimum atomic E-state index is -3.90. The van der Waals surface area contributed by atoms with Crippen molar-refractivity contribution in [1.29, 1.82) is 0 Å². The van der Waals surface area contributed by atoms with Crippen LogP contribution in [0.5, 0.6) is 0 Å². The summed E-state index contributed by atoms with van der Waals surface area (Å²) in [5, 5.41) is 2.57. The Kier molecular flexibility index (Phi) is 4.32. The van der Waals surface area contributed by atoms with Gasteiger partial charge in [-0.2, -0.15) is 0 Å². The van der Waals surface area contributed by atoms with E-state index in [1.807, 2.05) is 0 Å². The highest BCUT2D eigenvalue weighted by molar-refractivity contribution is 8.13. The van der Waals surface area contributed by atoms with Crippen molar-refractivity contribution >= 4 is 42.9 Å². The van der Waals surface area contributed by atoms with Crippen LogP contribution >= 0.6 is 22.3 Å². The van der Waals surface area contributed by atoms with Crippen LogP contribution in [-0.2, 0) is 9.05 Å². The van der Waals surface area contributed by atoms with Gasteiger partial charge in [-0.05, 0) is 30.3 Å². The quantitative estimate of drug-likeness (QED) is 0.876. The van der Waals surface area contributed by atoms with Crippen LogP contribution in [0.15, 0.2) is 53.4 Å². The molecule has 7 heteroatoms. The van der Waals surface area contributed by atoms with Gasteiger partial charge in [-0.15, -0.1) is 0 Å². The molecule has 0 spiro atoms. The van der Waals surface area contributed by atoms with Crippen LogP contribution in [0.3, 0.4) is 0 Å². The van der Waals surface area contributed by atoms with E-state index >= 15 is 0 Å². The Balaban J connectivity index is 2.24. The third-order valence-electron chi connectivity index (χ3n) is 2.49. The molecule has 0 aliphatic heterocycles. The zero-order valence-electron chi connectivity index (χ0n) is 10.0. The Hall–Kier alpha value is -1.56. The molecule has 0 saturated carbocycles. The highest BCUT2D eigenvalue weighted by Crippen LogP contribution is 2.27. The summed E-state index contributed by atoms with van der Waals surface area (Å²) in [6.45, 7) is 0. The first-order valence-electron chi connectivity index (χ1n) is 5.48. The maximum Gasteiger partial charge on any atom is 0.262 e. The molecule has 0 fully saturated rings. The van der Waals surface area contributed by atoms with Gasteiger partial charge in [0.05, 0.1) is 5.02 Å². The zero-order valence-corrected chi connectivity index (χ0v) is 12.3. The average Bonchev–Trinajstić information content (AvgIpc) is 2.38. The topological polar surface area (TPSA) is 63.2 Å². The van der Waals surface area contributed by atoms with Gasteiger partial charge < -0.3 is 5.32 Å². The molecule has 0 unspecified atom stereocenters. The van der Waals surface area contributed by atoms with E-state index in [0.717, 1.165) is 0 Å². The largest absolute Gasteiger partial charge is 0.322 e. The molecule has 2 rings (SSSR count). The number of benzene rings is 2. The number of hydrogen-bond donors (Lipinski definition) is 1. The molecule has 4 nitrogen and oxygen atoms in total. The van der Waals surface area contributed by atoms with Crippen LogP contribution in [0.2, 0.25) is 5.02 Å². The van der Waals surface area contributed by atoms with E-state index in [1.165, 1.54) is 18.2 Å². The maximum absolute atomic E-state index is 11.9. The highest BCUT2D eigenvalue weighted by atomic mass is 35.7. The van der Waals surface area contributed by atoms with Crippen molar-refractivity contribution in [3.63, 3.8) is 0 Å². The molecule has 2 aromatic carbocycles. The lowest BCUT2D eigenvalue weighted by atomic mass is 10.2. The molecule has 0 saturated heterocycles. The van der Waals surface area contributed by atoms with Crippen molar-refractivity contribution in [2.24, 2.45) is 0 Å². The first-order valence-corrected chi connectivity index (χ1v) is 8.17. The molecule has 0 aliphatic rings. The molecule has 0 aromatic heterocycles. The fourth-order valence-corrected chi connectivity index (χ4v) is 3.10. The van der Waals surface area contributed by atoms with Gasteiger partial charge in [-0.25, -0.2) is 8.42 Å². The third-order valence-corrected chi connectivity index (χ3v) is 4.29. The van der Waals surface area contributed by atoms with E-state index < -0.39 is 9.05 Å². The van der Waals surface area contributed by atoms with Crippen molar-refractivity contribution < 1.29 is 13.2 Å². The van der Waals surface area contributed by atoms with Gasteiger partial charge >= 0.3 is 0 Å². The van der Waals surface area contributed by atoms with E-state index in [4.69, 9.17) is 22.3 Å². The van der Waals surface area contributed by atoms with Crippen LogP contribution < -0.4 is 5.32 Å². The van der Waals surface area contributed by atoms with Gasteiger partial charge in [-0.1, -0.05) is 29.8 Å². The Morgan fingerprint density at radius 3 is 2.25 bits per heavy atom. The Bertz CT molecular complexity index is 745. The van der Waals surface area contributed by atoms with Crippen molar-refractivity contribution in [1.82, 2.24) is 0 Å². The number of halogens is 2. The van der Waals surface area contributed by atoms with Crippen molar-refractivity contribution in [2.75, 3.05) is 5.32 Å². The molecule has 1 N–H and O–H groups in total. The number of hydrogen-bond acceptors (Lipinski definition) is 3. The minimum absolute atomic E-state index is 0.0501. The molecule has 0 aliphatic carbocycles. The lowest BCUT2D eigenvalue weighted by Gasteiger charge is -2.07. The van der Waals surface area contributed by atoms with Crippen molar-refractivity contribution in [3.8, 4) is 0 Å². The normalized spacial score (nSPS) is 11.1. The Morgan fingerprint density at radius 1 is 1.05 bits per heavy atom. The first-order chi connectivity index (χ1) is 9.38. The summed E-state index contributed by atoms with van der Waals surface area (Å²) >= 11 is 5.83.